The Morgan fingerprint density at radius 3 is 2.76 bits per heavy atom. The van der Waals surface area contributed by atoms with E-state index in [-0.39, 0.29) is 17.5 Å². The average molecular weight is 289 g/mol. The van der Waals surface area contributed by atoms with E-state index in [0.29, 0.717) is 18.2 Å². The van der Waals surface area contributed by atoms with Crippen molar-refractivity contribution in [3.05, 3.63) is 58.5 Å². The Morgan fingerprint density at radius 2 is 2.10 bits per heavy atom. The second kappa shape index (κ2) is 5.85. The Hall–Kier alpha value is -1.88. The number of hydrogen-bond donors (Lipinski definition) is 1. The van der Waals surface area contributed by atoms with Crippen molar-refractivity contribution in [2.45, 2.75) is 38.4 Å². The highest BCUT2D eigenvalue weighted by atomic mass is 19.1. The lowest BCUT2D eigenvalue weighted by Gasteiger charge is -2.19. The predicted octanol–water partition coefficient (Wildman–Crippen LogP) is 2.47. The Kier molecular flexibility index (Phi) is 3.92. The van der Waals surface area contributed by atoms with E-state index in [1.54, 1.807) is 27.5 Å². The quantitative estimate of drug-likeness (QED) is 0.887. The number of likely N-dealkylation sites (N-methyl/N-ethyl adjacent to an activating group) is 1. The van der Waals surface area contributed by atoms with Crippen LogP contribution in [0, 0.1) is 5.82 Å². The fourth-order valence-corrected chi connectivity index (χ4v) is 2.67. The summed E-state index contributed by atoms with van der Waals surface area (Å²) in [5, 5.41) is 3.26. The molecule has 112 valence electrons. The van der Waals surface area contributed by atoms with Gasteiger partial charge in [0.2, 0.25) is 0 Å². The Morgan fingerprint density at radius 1 is 1.33 bits per heavy atom. The molecular formula is C16H20FN3O. The van der Waals surface area contributed by atoms with Gasteiger partial charge in [0.25, 0.3) is 0 Å². The molecule has 1 fully saturated rings. The van der Waals surface area contributed by atoms with Crippen molar-refractivity contribution in [3.8, 4) is 0 Å². The summed E-state index contributed by atoms with van der Waals surface area (Å²) in [7, 11) is 0. The summed E-state index contributed by atoms with van der Waals surface area (Å²) in [6.45, 7) is 3.14. The number of aromatic nitrogens is 2. The summed E-state index contributed by atoms with van der Waals surface area (Å²) < 4.78 is 17.4. The number of hydrogen-bond acceptors (Lipinski definition) is 2. The largest absolute Gasteiger partial charge is 0.328 e. The molecule has 0 amide bonds. The van der Waals surface area contributed by atoms with Crippen LogP contribution >= 0.6 is 0 Å². The van der Waals surface area contributed by atoms with Crippen molar-refractivity contribution >= 4 is 0 Å². The molecule has 1 aliphatic carbocycles. The highest BCUT2D eigenvalue weighted by molar-refractivity contribution is 5.21. The van der Waals surface area contributed by atoms with Crippen molar-refractivity contribution in [2.24, 2.45) is 0 Å². The molecule has 1 saturated carbocycles. The summed E-state index contributed by atoms with van der Waals surface area (Å²) >= 11 is 0. The van der Waals surface area contributed by atoms with Crippen LogP contribution in [0.15, 0.2) is 41.5 Å². The lowest BCUT2D eigenvalue weighted by molar-refractivity contribution is 0.443. The van der Waals surface area contributed by atoms with Crippen LogP contribution in [0.4, 0.5) is 4.39 Å². The van der Waals surface area contributed by atoms with E-state index < -0.39 is 0 Å². The maximum Gasteiger partial charge on any atom is 0.328 e. The lowest BCUT2D eigenvalue weighted by Crippen LogP contribution is -2.31. The van der Waals surface area contributed by atoms with Gasteiger partial charge in [-0.1, -0.05) is 25.1 Å². The first-order valence-electron chi connectivity index (χ1n) is 7.45. The Balaban J connectivity index is 1.85. The first-order valence-corrected chi connectivity index (χ1v) is 7.45. The first-order chi connectivity index (χ1) is 10.2. The van der Waals surface area contributed by atoms with Gasteiger partial charge in [-0.25, -0.2) is 9.18 Å². The molecule has 21 heavy (non-hydrogen) atoms. The van der Waals surface area contributed by atoms with Crippen LogP contribution in [0.3, 0.4) is 0 Å². The molecule has 0 saturated heterocycles. The minimum Gasteiger partial charge on any atom is -0.309 e. The van der Waals surface area contributed by atoms with Gasteiger partial charge in [0.05, 0.1) is 6.04 Å². The number of nitrogens with zero attached hydrogens (tertiary/aromatic N) is 2. The number of benzene rings is 1. The molecule has 0 radical (unpaired) electrons. The van der Waals surface area contributed by atoms with Gasteiger partial charge in [-0.05, 0) is 25.5 Å². The van der Waals surface area contributed by atoms with Crippen LogP contribution in [0.1, 0.15) is 37.4 Å². The molecule has 2 aromatic rings. The van der Waals surface area contributed by atoms with E-state index in [9.17, 15) is 9.18 Å². The highest BCUT2D eigenvalue weighted by Crippen LogP contribution is 2.33. The molecule has 1 aromatic heterocycles. The van der Waals surface area contributed by atoms with Crippen molar-refractivity contribution < 1.29 is 4.39 Å². The molecule has 0 aliphatic heterocycles. The molecule has 1 N–H and O–H groups in total. The zero-order valence-corrected chi connectivity index (χ0v) is 12.1. The third kappa shape index (κ3) is 2.93. The van der Waals surface area contributed by atoms with Crippen molar-refractivity contribution in [1.82, 2.24) is 14.5 Å². The summed E-state index contributed by atoms with van der Waals surface area (Å²) in [4.78, 5) is 12.3. The van der Waals surface area contributed by atoms with Crippen molar-refractivity contribution in [3.63, 3.8) is 0 Å². The van der Waals surface area contributed by atoms with Crippen LogP contribution in [-0.2, 0) is 6.54 Å². The van der Waals surface area contributed by atoms with Crippen molar-refractivity contribution in [2.75, 3.05) is 6.54 Å². The van der Waals surface area contributed by atoms with Gasteiger partial charge < -0.3 is 5.32 Å². The molecule has 1 aromatic carbocycles. The fraction of sp³-hybridized carbons (Fsp3) is 0.438. The standard InChI is InChI=1S/C16H20FN3O/c1-2-18-15(13-5-3-4-6-14(13)17)11-19-9-10-20(16(19)21)12-7-8-12/h3-6,9-10,12,15,18H,2,7-8,11H2,1H3. The van der Waals surface area contributed by atoms with E-state index in [4.69, 9.17) is 0 Å². The van der Waals surface area contributed by atoms with E-state index in [2.05, 4.69) is 5.32 Å². The third-order valence-electron chi connectivity index (χ3n) is 3.92. The van der Waals surface area contributed by atoms with E-state index >= 15 is 0 Å². The van der Waals surface area contributed by atoms with Crippen LogP contribution in [0.5, 0.6) is 0 Å². The molecular weight excluding hydrogens is 269 g/mol. The van der Waals surface area contributed by atoms with Gasteiger partial charge in [0.1, 0.15) is 5.82 Å². The molecule has 4 nitrogen and oxygen atoms in total. The summed E-state index contributed by atoms with van der Waals surface area (Å²) in [6, 6.07) is 6.88. The zero-order chi connectivity index (χ0) is 14.8. The minimum atomic E-state index is -0.238. The smallest absolute Gasteiger partial charge is 0.309 e. The molecule has 3 rings (SSSR count). The second-order valence-corrected chi connectivity index (χ2v) is 5.50. The number of rotatable bonds is 6. The topological polar surface area (TPSA) is 39.0 Å². The second-order valence-electron chi connectivity index (χ2n) is 5.50. The van der Waals surface area contributed by atoms with Crippen LogP contribution < -0.4 is 11.0 Å². The van der Waals surface area contributed by atoms with E-state index in [1.165, 1.54) is 6.07 Å². The van der Waals surface area contributed by atoms with E-state index in [0.717, 1.165) is 19.4 Å². The first kappa shape index (κ1) is 14.1. The minimum absolute atomic E-state index is 0.00302. The number of imidazole rings is 1. The maximum absolute atomic E-state index is 14.0. The van der Waals surface area contributed by atoms with Gasteiger partial charge in [-0.3, -0.25) is 9.13 Å². The number of halogens is 1. The molecule has 1 heterocycles. The van der Waals surface area contributed by atoms with Gasteiger partial charge >= 0.3 is 5.69 Å². The summed E-state index contributed by atoms with van der Waals surface area (Å²) in [6.07, 6.45) is 5.79. The molecule has 1 unspecified atom stereocenters. The normalized spacial score (nSPS) is 16.1. The van der Waals surface area contributed by atoms with Gasteiger partial charge in [0.15, 0.2) is 0 Å². The third-order valence-corrected chi connectivity index (χ3v) is 3.92. The fourth-order valence-electron chi connectivity index (χ4n) is 2.67. The highest BCUT2D eigenvalue weighted by Gasteiger charge is 2.26. The Labute approximate surface area is 123 Å². The van der Waals surface area contributed by atoms with Crippen LogP contribution in [-0.4, -0.2) is 15.7 Å². The molecule has 0 bridgehead atoms. The predicted molar refractivity (Wildman–Crippen MR) is 79.8 cm³/mol. The van der Waals surface area contributed by atoms with Crippen LogP contribution in [0.2, 0.25) is 0 Å². The summed E-state index contributed by atoms with van der Waals surface area (Å²) in [5.74, 6) is -0.238. The number of nitrogens with one attached hydrogen (secondary N) is 1. The van der Waals surface area contributed by atoms with Gasteiger partial charge in [0, 0.05) is 30.5 Å². The van der Waals surface area contributed by atoms with Gasteiger partial charge in [-0.15, -0.1) is 0 Å². The van der Waals surface area contributed by atoms with Crippen molar-refractivity contribution in [1.29, 1.82) is 0 Å². The molecule has 0 spiro atoms. The average Bonchev–Trinajstić information content (AvgIpc) is 3.25. The lowest BCUT2D eigenvalue weighted by atomic mass is 10.1. The monoisotopic (exact) mass is 289 g/mol. The van der Waals surface area contributed by atoms with Gasteiger partial charge in [-0.2, -0.15) is 0 Å². The zero-order valence-electron chi connectivity index (χ0n) is 12.1. The summed E-state index contributed by atoms with van der Waals surface area (Å²) in [5.41, 5.74) is 0.599. The Bertz CT molecular complexity index is 672. The van der Waals surface area contributed by atoms with E-state index in [1.807, 2.05) is 19.2 Å². The van der Waals surface area contributed by atoms with Crippen LogP contribution in [0.25, 0.3) is 0 Å². The molecule has 1 atom stereocenters. The SMILES string of the molecule is CCNC(Cn1ccn(C2CC2)c1=O)c1ccccc1F. The molecule has 5 heteroatoms. The maximum atomic E-state index is 14.0. The molecule has 1 aliphatic rings.